The van der Waals surface area contributed by atoms with Crippen LogP contribution in [0.4, 0.5) is 0 Å². The van der Waals surface area contributed by atoms with Crippen molar-refractivity contribution in [3.8, 4) is 0 Å². The van der Waals surface area contributed by atoms with E-state index in [0.717, 1.165) is 0 Å². The van der Waals surface area contributed by atoms with E-state index in [0.29, 0.717) is 19.8 Å². The zero-order chi connectivity index (χ0) is 9.40. The van der Waals surface area contributed by atoms with Gasteiger partial charge in [0.05, 0.1) is 6.61 Å². The fourth-order valence-electron chi connectivity index (χ4n) is 0.468. The van der Waals surface area contributed by atoms with Gasteiger partial charge in [-0.1, -0.05) is 5.16 Å². The molecule has 5 heteroatoms. The van der Waals surface area contributed by atoms with E-state index < -0.39 is 5.97 Å². The van der Waals surface area contributed by atoms with Crippen LogP contribution in [0.25, 0.3) is 0 Å². The first-order valence-electron chi connectivity index (χ1n) is 3.76. The zero-order valence-electron chi connectivity index (χ0n) is 7.37. The number of nitrogens with zero attached hydrogens (tertiary/aromatic N) is 1. The van der Waals surface area contributed by atoms with Crippen LogP contribution in [0.2, 0.25) is 0 Å². The second-order valence-electron chi connectivity index (χ2n) is 2.02. The van der Waals surface area contributed by atoms with Crippen molar-refractivity contribution in [2.45, 2.75) is 13.8 Å². The van der Waals surface area contributed by atoms with Gasteiger partial charge in [0.25, 0.3) is 0 Å². The Labute approximate surface area is 71.5 Å². The Morgan fingerprint density at radius 1 is 1.58 bits per heavy atom. The first-order valence-corrected chi connectivity index (χ1v) is 3.76. The number of hydrogen-bond donors (Lipinski definition) is 1. The van der Waals surface area contributed by atoms with Crippen LogP contribution >= 0.6 is 0 Å². The lowest BCUT2D eigenvalue weighted by atomic mass is 10.4. The van der Waals surface area contributed by atoms with Crippen molar-refractivity contribution in [1.82, 2.24) is 0 Å². The van der Waals surface area contributed by atoms with Gasteiger partial charge in [-0.15, -0.1) is 0 Å². The summed E-state index contributed by atoms with van der Waals surface area (Å²) >= 11 is 0. The zero-order valence-corrected chi connectivity index (χ0v) is 7.37. The molecule has 0 unspecified atom stereocenters. The minimum atomic E-state index is -0.463. The molecule has 0 aliphatic carbocycles. The Balaban J connectivity index is 3.74. The van der Waals surface area contributed by atoms with Gasteiger partial charge in [-0.2, -0.15) is 0 Å². The van der Waals surface area contributed by atoms with Crippen LogP contribution in [0.5, 0.6) is 0 Å². The van der Waals surface area contributed by atoms with Crippen LogP contribution in [0, 0.1) is 0 Å². The third kappa shape index (κ3) is 4.68. The van der Waals surface area contributed by atoms with Gasteiger partial charge >= 0.3 is 5.97 Å². The smallest absolute Gasteiger partial charge is 0.355 e. The number of hydrogen-bond acceptors (Lipinski definition) is 5. The lowest BCUT2D eigenvalue weighted by Crippen LogP contribution is -2.15. The number of ether oxygens (including phenoxy) is 1. The minimum absolute atomic E-state index is 0.199. The number of nitrogens with two attached hydrogens (primary N) is 1. The van der Waals surface area contributed by atoms with Crippen molar-refractivity contribution in [2.75, 3.05) is 19.8 Å². The van der Waals surface area contributed by atoms with Crippen LogP contribution in [-0.2, 0) is 14.4 Å². The molecule has 0 saturated heterocycles. The highest BCUT2D eigenvalue weighted by Crippen LogP contribution is 1.85. The van der Waals surface area contributed by atoms with Crippen LogP contribution in [-0.4, -0.2) is 31.4 Å². The number of carbonyl (C=O) groups is 1. The van der Waals surface area contributed by atoms with Crippen molar-refractivity contribution in [1.29, 1.82) is 0 Å². The van der Waals surface area contributed by atoms with E-state index in [1.165, 1.54) is 6.92 Å². The van der Waals surface area contributed by atoms with E-state index in [9.17, 15) is 4.79 Å². The maximum Gasteiger partial charge on any atom is 0.355 e. The molecule has 0 amide bonds. The standard InChI is InChI=1S/C7H14N2O3/c1-3-11-7(10)6(2)9-12-5-4-8/h3-5,8H2,1-2H3. The number of oxime groups is 1. The summed E-state index contributed by atoms with van der Waals surface area (Å²) in [6.07, 6.45) is 0. The van der Waals surface area contributed by atoms with Crippen LogP contribution < -0.4 is 5.73 Å². The van der Waals surface area contributed by atoms with Gasteiger partial charge in [-0.3, -0.25) is 0 Å². The molecule has 0 aromatic heterocycles. The summed E-state index contributed by atoms with van der Waals surface area (Å²) in [5, 5.41) is 3.49. The Bertz CT molecular complexity index is 168. The topological polar surface area (TPSA) is 73.9 Å². The van der Waals surface area contributed by atoms with E-state index >= 15 is 0 Å². The third-order valence-corrected chi connectivity index (χ3v) is 0.981. The fraction of sp³-hybridized carbons (Fsp3) is 0.714. The highest BCUT2D eigenvalue weighted by molar-refractivity contribution is 6.35. The molecule has 0 saturated carbocycles. The molecular formula is C7H14N2O3. The number of esters is 1. The SMILES string of the molecule is CCOC(=O)C(C)=NOCCN. The van der Waals surface area contributed by atoms with E-state index in [4.69, 9.17) is 5.73 Å². The number of rotatable bonds is 5. The van der Waals surface area contributed by atoms with Gasteiger partial charge in [0, 0.05) is 6.54 Å². The molecule has 12 heavy (non-hydrogen) atoms. The lowest BCUT2D eigenvalue weighted by Gasteiger charge is -2.00. The molecule has 0 radical (unpaired) electrons. The highest BCUT2D eigenvalue weighted by atomic mass is 16.6. The molecule has 0 aliphatic heterocycles. The second kappa shape index (κ2) is 6.60. The van der Waals surface area contributed by atoms with Gasteiger partial charge in [-0.25, -0.2) is 4.79 Å². The minimum Gasteiger partial charge on any atom is -0.461 e. The molecule has 0 fully saturated rings. The van der Waals surface area contributed by atoms with Crippen molar-refractivity contribution in [3.63, 3.8) is 0 Å². The van der Waals surface area contributed by atoms with E-state index in [2.05, 4.69) is 14.7 Å². The molecule has 0 atom stereocenters. The molecule has 0 spiro atoms. The average Bonchev–Trinajstić information content (AvgIpc) is 2.05. The summed E-state index contributed by atoms with van der Waals surface area (Å²) in [6.45, 7) is 4.26. The Morgan fingerprint density at radius 3 is 2.75 bits per heavy atom. The molecule has 0 aromatic carbocycles. The molecular weight excluding hydrogens is 160 g/mol. The van der Waals surface area contributed by atoms with E-state index in [1.54, 1.807) is 6.92 Å². The maximum atomic E-state index is 10.9. The molecule has 0 aromatic rings. The first-order chi connectivity index (χ1) is 5.72. The Morgan fingerprint density at radius 2 is 2.25 bits per heavy atom. The van der Waals surface area contributed by atoms with Crippen LogP contribution in [0.1, 0.15) is 13.8 Å². The molecule has 5 nitrogen and oxygen atoms in total. The summed E-state index contributed by atoms with van der Waals surface area (Å²) in [5.74, 6) is -0.463. The molecule has 2 N–H and O–H groups in total. The fourth-order valence-corrected chi connectivity index (χ4v) is 0.468. The van der Waals surface area contributed by atoms with E-state index in [1.807, 2.05) is 0 Å². The van der Waals surface area contributed by atoms with Crippen LogP contribution in [0.3, 0.4) is 0 Å². The molecule has 0 bridgehead atoms. The maximum absolute atomic E-state index is 10.9. The van der Waals surface area contributed by atoms with Crippen molar-refractivity contribution < 1.29 is 14.4 Å². The van der Waals surface area contributed by atoms with Crippen LogP contribution in [0.15, 0.2) is 5.16 Å². The molecule has 0 aliphatic rings. The molecule has 0 rings (SSSR count). The predicted molar refractivity (Wildman–Crippen MR) is 44.7 cm³/mol. The van der Waals surface area contributed by atoms with E-state index in [-0.39, 0.29) is 5.71 Å². The Kier molecular flexibility index (Phi) is 6.00. The third-order valence-electron chi connectivity index (χ3n) is 0.981. The monoisotopic (exact) mass is 174 g/mol. The summed E-state index contributed by atoms with van der Waals surface area (Å²) in [4.78, 5) is 15.5. The molecule has 70 valence electrons. The summed E-state index contributed by atoms with van der Waals surface area (Å²) in [6, 6.07) is 0. The van der Waals surface area contributed by atoms with Gasteiger partial charge in [0.15, 0.2) is 5.71 Å². The van der Waals surface area contributed by atoms with Gasteiger partial charge < -0.3 is 15.3 Å². The van der Waals surface area contributed by atoms with Crippen molar-refractivity contribution >= 4 is 11.7 Å². The Hall–Kier alpha value is -1.10. The van der Waals surface area contributed by atoms with Crippen molar-refractivity contribution in [3.05, 3.63) is 0 Å². The predicted octanol–water partition coefficient (Wildman–Crippen LogP) is -0.0993. The quantitative estimate of drug-likeness (QED) is 0.273. The number of carbonyl (C=O) groups excluding carboxylic acids is 1. The largest absolute Gasteiger partial charge is 0.461 e. The summed E-state index contributed by atoms with van der Waals surface area (Å²) < 4.78 is 4.65. The average molecular weight is 174 g/mol. The highest BCUT2D eigenvalue weighted by Gasteiger charge is 2.05. The normalized spacial score (nSPS) is 11.1. The van der Waals surface area contributed by atoms with Gasteiger partial charge in [0.2, 0.25) is 0 Å². The van der Waals surface area contributed by atoms with Gasteiger partial charge in [0.1, 0.15) is 6.61 Å². The lowest BCUT2D eigenvalue weighted by molar-refractivity contribution is -0.135. The van der Waals surface area contributed by atoms with Crippen molar-refractivity contribution in [2.24, 2.45) is 10.9 Å². The second-order valence-corrected chi connectivity index (χ2v) is 2.02. The molecule has 0 heterocycles. The first kappa shape index (κ1) is 10.9. The summed E-state index contributed by atoms with van der Waals surface area (Å²) in [7, 11) is 0. The van der Waals surface area contributed by atoms with Gasteiger partial charge in [-0.05, 0) is 13.8 Å². The summed E-state index contributed by atoms with van der Waals surface area (Å²) in [5.41, 5.74) is 5.34.